The van der Waals surface area contributed by atoms with Crippen molar-refractivity contribution in [1.29, 1.82) is 0 Å². The van der Waals surface area contributed by atoms with Crippen molar-refractivity contribution in [3.63, 3.8) is 0 Å². The maximum absolute atomic E-state index is 11.0. The molecule has 88 valence electrons. The van der Waals surface area contributed by atoms with Crippen LogP contribution >= 0.6 is 12.6 Å². The normalized spacial score (nSPS) is 36.3. The molecule has 1 rings (SSSR count). The maximum Gasteiger partial charge on any atom is 0.230 e. The summed E-state index contributed by atoms with van der Waals surface area (Å²) in [4.78, 5) is 11.0. The number of ether oxygens (including phenoxy) is 1. The minimum atomic E-state index is -1.20. The number of nitrogens with one attached hydrogen (secondary N) is 1. The molecule has 15 heavy (non-hydrogen) atoms. The first-order valence-electron chi connectivity index (χ1n) is 4.59. The number of carbonyl (C=O) groups is 1. The van der Waals surface area contributed by atoms with Gasteiger partial charge >= 0.3 is 0 Å². The number of rotatable bonds is 3. The smallest absolute Gasteiger partial charge is 0.230 e. The van der Waals surface area contributed by atoms with E-state index in [1.54, 1.807) is 0 Å². The van der Waals surface area contributed by atoms with Gasteiger partial charge in [-0.2, -0.15) is 12.6 Å². The van der Waals surface area contributed by atoms with Crippen LogP contribution in [0.3, 0.4) is 0 Å². The van der Waals surface area contributed by atoms with E-state index < -0.39 is 24.4 Å². The standard InChI is InChI=1S/C8H15NO5S/c10-1-5-8(13)7(12)4(2-14-5)9-6(11)3-15/h4-5,7-8,10,12-13,15H,1-3H2,(H,9,11)/t4?,5?,7?,8-/m0/s1. The first-order valence-corrected chi connectivity index (χ1v) is 5.22. The fourth-order valence-electron chi connectivity index (χ4n) is 1.42. The van der Waals surface area contributed by atoms with Gasteiger partial charge < -0.3 is 25.4 Å². The minimum absolute atomic E-state index is 0.00272. The second-order valence-corrected chi connectivity index (χ2v) is 3.68. The second-order valence-electron chi connectivity index (χ2n) is 3.37. The van der Waals surface area contributed by atoms with Crippen LogP contribution in [-0.2, 0) is 9.53 Å². The summed E-state index contributed by atoms with van der Waals surface area (Å²) in [6.07, 6.45) is -3.14. The molecule has 1 fully saturated rings. The number of hydrogen-bond donors (Lipinski definition) is 5. The number of thiol groups is 1. The van der Waals surface area contributed by atoms with Gasteiger partial charge in [0.2, 0.25) is 5.91 Å². The van der Waals surface area contributed by atoms with E-state index in [9.17, 15) is 15.0 Å². The first kappa shape index (κ1) is 12.7. The van der Waals surface area contributed by atoms with Crippen LogP contribution in [0.5, 0.6) is 0 Å². The molecule has 1 aliphatic heterocycles. The Morgan fingerprint density at radius 3 is 2.67 bits per heavy atom. The molecular formula is C8H15NO5S. The fraction of sp³-hybridized carbons (Fsp3) is 0.875. The maximum atomic E-state index is 11.0. The van der Waals surface area contributed by atoms with Gasteiger partial charge in [-0.25, -0.2) is 0 Å². The molecule has 4 atom stereocenters. The number of carbonyl (C=O) groups excluding carboxylic acids is 1. The lowest BCUT2D eigenvalue weighted by Gasteiger charge is -2.37. The Labute approximate surface area is 92.7 Å². The van der Waals surface area contributed by atoms with Crippen LogP contribution in [-0.4, -0.2) is 64.5 Å². The van der Waals surface area contributed by atoms with Crippen LogP contribution < -0.4 is 5.32 Å². The molecule has 0 aliphatic carbocycles. The molecule has 7 heteroatoms. The van der Waals surface area contributed by atoms with Crippen LogP contribution in [0.2, 0.25) is 0 Å². The van der Waals surface area contributed by atoms with Crippen molar-refractivity contribution in [2.24, 2.45) is 0 Å². The number of hydrogen-bond acceptors (Lipinski definition) is 6. The Kier molecular flexibility index (Phi) is 4.81. The Morgan fingerprint density at radius 1 is 1.47 bits per heavy atom. The largest absolute Gasteiger partial charge is 0.394 e. The fourth-order valence-corrected chi connectivity index (χ4v) is 1.51. The Balaban J connectivity index is 2.52. The molecule has 1 heterocycles. The highest BCUT2D eigenvalue weighted by Gasteiger charge is 2.38. The van der Waals surface area contributed by atoms with Gasteiger partial charge in [-0.1, -0.05) is 0 Å². The average Bonchev–Trinajstić information content (AvgIpc) is 2.25. The van der Waals surface area contributed by atoms with E-state index in [0.717, 1.165) is 0 Å². The molecule has 1 amide bonds. The van der Waals surface area contributed by atoms with Crippen molar-refractivity contribution in [3.8, 4) is 0 Å². The lowest BCUT2D eigenvalue weighted by molar-refractivity contribution is -0.164. The van der Waals surface area contributed by atoms with Crippen molar-refractivity contribution in [2.75, 3.05) is 19.0 Å². The molecule has 0 spiro atoms. The highest BCUT2D eigenvalue weighted by atomic mass is 32.1. The van der Waals surface area contributed by atoms with E-state index in [1.807, 2.05) is 0 Å². The van der Waals surface area contributed by atoms with Crippen LogP contribution in [0.25, 0.3) is 0 Å². The van der Waals surface area contributed by atoms with Gasteiger partial charge in [0.1, 0.15) is 18.3 Å². The summed E-state index contributed by atoms with van der Waals surface area (Å²) < 4.78 is 5.07. The lowest BCUT2D eigenvalue weighted by atomic mass is 9.98. The third kappa shape index (κ3) is 3.05. The van der Waals surface area contributed by atoms with Crippen LogP contribution in [0.15, 0.2) is 0 Å². The topological polar surface area (TPSA) is 99.0 Å². The van der Waals surface area contributed by atoms with Gasteiger partial charge in [-0.15, -0.1) is 0 Å². The van der Waals surface area contributed by atoms with Crippen molar-refractivity contribution in [1.82, 2.24) is 5.32 Å². The third-order valence-corrected chi connectivity index (χ3v) is 2.59. The molecule has 0 aromatic carbocycles. The van der Waals surface area contributed by atoms with Gasteiger partial charge in [-0.05, 0) is 0 Å². The number of aliphatic hydroxyl groups excluding tert-OH is 3. The zero-order valence-corrected chi connectivity index (χ0v) is 8.93. The van der Waals surface area contributed by atoms with Crippen LogP contribution in [0.1, 0.15) is 0 Å². The third-order valence-electron chi connectivity index (χ3n) is 2.30. The summed E-state index contributed by atoms with van der Waals surface area (Å²) in [5.74, 6) is -0.344. The van der Waals surface area contributed by atoms with E-state index in [2.05, 4.69) is 17.9 Å². The molecule has 4 N–H and O–H groups in total. The summed E-state index contributed by atoms with van der Waals surface area (Å²) >= 11 is 3.77. The molecular weight excluding hydrogens is 222 g/mol. The highest BCUT2D eigenvalue weighted by molar-refractivity contribution is 7.81. The molecule has 0 bridgehead atoms. The molecule has 0 aromatic rings. The first-order chi connectivity index (χ1) is 7.10. The molecule has 0 aromatic heterocycles. The summed E-state index contributed by atoms with van der Waals surface area (Å²) in [5.41, 5.74) is 0. The van der Waals surface area contributed by atoms with Gasteiger partial charge in [0.05, 0.1) is 25.0 Å². The minimum Gasteiger partial charge on any atom is -0.394 e. The van der Waals surface area contributed by atoms with E-state index >= 15 is 0 Å². The van der Waals surface area contributed by atoms with Crippen molar-refractivity contribution < 1.29 is 24.9 Å². The predicted molar refractivity (Wildman–Crippen MR) is 54.6 cm³/mol. The Bertz CT molecular complexity index is 227. The van der Waals surface area contributed by atoms with E-state index in [4.69, 9.17) is 9.84 Å². The van der Waals surface area contributed by atoms with E-state index in [-0.39, 0.29) is 24.9 Å². The SMILES string of the molecule is O=C(CS)NC1COC(CO)[C@H](O)C1O. The van der Waals surface area contributed by atoms with Gasteiger partial charge in [-0.3, -0.25) is 4.79 Å². The van der Waals surface area contributed by atoms with Crippen molar-refractivity contribution >= 4 is 18.5 Å². The molecule has 3 unspecified atom stereocenters. The molecule has 1 aliphatic rings. The number of amides is 1. The lowest BCUT2D eigenvalue weighted by Crippen LogP contribution is -2.60. The molecule has 1 saturated heterocycles. The molecule has 0 radical (unpaired) electrons. The van der Waals surface area contributed by atoms with Crippen molar-refractivity contribution in [2.45, 2.75) is 24.4 Å². The van der Waals surface area contributed by atoms with Gasteiger partial charge in [0.15, 0.2) is 0 Å². The molecule has 0 saturated carbocycles. The predicted octanol–water partition coefficient (Wildman–Crippen LogP) is -2.49. The Hall–Kier alpha value is -0.340. The molecule has 6 nitrogen and oxygen atoms in total. The van der Waals surface area contributed by atoms with E-state index in [0.29, 0.717) is 0 Å². The van der Waals surface area contributed by atoms with E-state index in [1.165, 1.54) is 0 Å². The van der Waals surface area contributed by atoms with Crippen LogP contribution in [0, 0.1) is 0 Å². The quantitative estimate of drug-likeness (QED) is 0.350. The van der Waals surface area contributed by atoms with Crippen molar-refractivity contribution in [3.05, 3.63) is 0 Å². The second kappa shape index (κ2) is 5.66. The summed E-state index contributed by atoms with van der Waals surface area (Å²) in [5, 5.41) is 30.3. The summed E-state index contributed by atoms with van der Waals surface area (Å²) in [6.45, 7) is -0.311. The zero-order chi connectivity index (χ0) is 11.4. The van der Waals surface area contributed by atoms with Gasteiger partial charge in [0.25, 0.3) is 0 Å². The highest BCUT2D eigenvalue weighted by Crippen LogP contribution is 2.15. The van der Waals surface area contributed by atoms with Crippen LogP contribution in [0.4, 0.5) is 0 Å². The average molecular weight is 237 g/mol. The van der Waals surface area contributed by atoms with Gasteiger partial charge in [0, 0.05) is 0 Å². The summed E-state index contributed by atoms with van der Waals surface area (Å²) in [6, 6.07) is -0.664. The summed E-state index contributed by atoms with van der Waals surface area (Å²) in [7, 11) is 0. The zero-order valence-electron chi connectivity index (χ0n) is 8.04. The monoisotopic (exact) mass is 237 g/mol. The number of aliphatic hydroxyl groups is 3. The Morgan fingerprint density at radius 2 is 2.13 bits per heavy atom.